The van der Waals surface area contributed by atoms with Gasteiger partial charge in [-0.2, -0.15) is 0 Å². The number of rotatable bonds is 3. The molecule has 24 heavy (non-hydrogen) atoms. The van der Waals surface area contributed by atoms with E-state index in [0.29, 0.717) is 31.0 Å². The molecule has 2 aromatic rings. The number of aromatic nitrogens is 1. The lowest BCUT2D eigenvalue weighted by molar-refractivity contribution is 0.0706. The highest BCUT2D eigenvalue weighted by Gasteiger charge is 2.25. The van der Waals surface area contributed by atoms with E-state index in [1.165, 1.54) is 6.07 Å². The highest BCUT2D eigenvalue weighted by atomic mass is 16.5. The third-order valence-corrected chi connectivity index (χ3v) is 4.01. The van der Waals surface area contributed by atoms with Gasteiger partial charge >= 0.3 is 0 Å². The molecule has 0 unspecified atom stereocenters. The molecule has 0 saturated carbocycles. The smallest absolute Gasteiger partial charge is 0.276 e. The highest BCUT2D eigenvalue weighted by Crippen LogP contribution is 2.20. The van der Waals surface area contributed by atoms with E-state index in [1.807, 2.05) is 6.07 Å². The van der Waals surface area contributed by atoms with Gasteiger partial charge in [0.2, 0.25) is 0 Å². The Bertz CT molecular complexity index is 835. The van der Waals surface area contributed by atoms with E-state index in [2.05, 4.69) is 4.85 Å². The van der Waals surface area contributed by atoms with Gasteiger partial charge in [-0.3, -0.25) is 14.8 Å². The summed E-state index contributed by atoms with van der Waals surface area (Å²) in [6.07, 6.45) is 2.33. The summed E-state index contributed by atoms with van der Waals surface area (Å²) in [5.74, 6) is -0.808. The summed E-state index contributed by atoms with van der Waals surface area (Å²) in [5, 5.41) is 8.74. The maximum atomic E-state index is 12.8. The molecule has 0 spiro atoms. The summed E-state index contributed by atoms with van der Waals surface area (Å²) in [6, 6.07) is 8.68. The van der Waals surface area contributed by atoms with Crippen molar-refractivity contribution in [2.24, 2.45) is 0 Å². The van der Waals surface area contributed by atoms with Crippen molar-refractivity contribution >= 4 is 17.5 Å². The molecule has 0 aliphatic carbocycles. The zero-order valence-electron chi connectivity index (χ0n) is 12.9. The standard InChI is InChI=1S/C17H16N4O3/c1-18-14-5-2-4-12(8-14)10-21-7-3-6-20-11-13(16(22)19-24)9-15(20)17(21)23/h2,4-5,8-9,11,24H,3,6-7,10H2,(H,19,22). The Morgan fingerprint density at radius 2 is 2.17 bits per heavy atom. The number of hydrogen-bond acceptors (Lipinski definition) is 3. The molecule has 2 amide bonds. The van der Waals surface area contributed by atoms with Crippen molar-refractivity contribution in [3.05, 3.63) is 64.8 Å². The van der Waals surface area contributed by atoms with E-state index in [9.17, 15) is 9.59 Å². The molecule has 122 valence electrons. The van der Waals surface area contributed by atoms with Gasteiger partial charge in [0.1, 0.15) is 5.69 Å². The number of hydrogen-bond donors (Lipinski definition) is 2. The van der Waals surface area contributed by atoms with Crippen molar-refractivity contribution in [2.45, 2.75) is 19.5 Å². The van der Waals surface area contributed by atoms with Crippen molar-refractivity contribution in [2.75, 3.05) is 6.54 Å². The monoisotopic (exact) mass is 324 g/mol. The maximum absolute atomic E-state index is 12.8. The van der Waals surface area contributed by atoms with Crippen molar-refractivity contribution in [1.29, 1.82) is 0 Å². The van der Waals surface area contributed by atoms with Crippen molar-refractivity contribution < 1.29 is 14.8 Å². The van der Waals surface area contributed by atoms with Crippen molar-refractivity contribution in [3.63, 3.8) is 0 Å². The van der Waals surface area contributed by atoms with Crippen molar-refractivity contribution in [1.82, 2.24) is 14.9 Å². The number of hydroxylamine groups is 1. The Labute approximate surface area is 138 Å². The number of fused-ring (bicyclic) bond motifs is 1. The van der Waals surface area contributed by atoms with E-state index in [-0.39, 0.29) is 11.5 Å². The van der Waals surface area contributed by atoms with Gasteiger partial charge < -0.3 is 9.47 Å². The molecule has 1 aromatic heterocycles. The lowest BCUT2D eigenvalue weighted by atomic mass is 10.1. The Hall–Kier alpha value is -3.11. The number of carbonyl (C=O) groups excluding carboxylic acids is 2. The van der Waals surface area contributed by atoms with Gasteiger partial charge in [-0.05, 0) is 18.1 Å². The van der Waals surface area contributed by atoms with Crippen LogP contribution in [0.2, 0.25) is 0 Å². The summed E-state index contributed by atoms with van der Waals surface area (Å²) in [7, 11) is 0. The molecular formula is C17H16N4O3. The van der Waals surface area contributed by atoms with Gasteiger partial charge in [0.05, 0.1) is 12.1 Å². The molecule has 7 nitrogen and oxygen atoms in total. The SMILES string of the molecule is [C-]#[N+]c1cccc(CN2CCCn3cc(C(=O)NO)cc3C2=O)c1. The molecule has 3 rings (SSSR count). The van der Waals surface area contributed by atoms with E-state index < -0.39 is 5.91 Å². The van der Waals surface area contributed by atoms with E-state index in [1.54, 1.807) is 39.3 Å². The van der Waals surface area contributed by atoms with Gasteiger partial charge in [0.25, 0.3) is 11.8 Å². The minimum absolute atomic E-state index is 0.169. The zero-order valence-corrected chi connectivity index (χ0v) is 12.9. The Balaban J connectivity index is 1.86. The van der Waals surface area contributed by atoms with Crippen LogP contribution in [0.5, 0.6) is 0 Å². The summed E-state index contributed by atoms with van der Waals surface area (Å²) in [5.41, 5.74) is 3.69. The maximum Gasteiger partial charge on any atom is 0.276 e. The van der Waals surface area contributed by atoms with Gasteiger partial charge in [-0.15, -0.1) is 0 Å². The molecule has 0 atom stereocenters. The molecule has 1 aliphatic rings. The molecule has 1 aliphatic heterocycles. The molecule has 1 aromatic carbocycles. The van der Waals surface area contributed by atoms with Gasteiger partial charge in [0.15, 0.2) is 5.69 Å². The topological polar surface area (TPSA) is 78.9 Å². The second kappa shape index (κ2) is 6.56. The number of nitrogens with zero attached hydrogens (tertiary/aromatic N) is 3. The number of nitrogens with one attached hydrogen (secondary N) is 1. The van der Waals surface area contributed by atoms with Crippen LogP contribution in [0.4, 0.5) is 5.69 Å². The van der Waals surface area contributed by atoms with Crippen LogP contribution in [0, 0.1) is 6.57 Å². The Morgan fingerprint density at radius 1 is 1.33 bits per heavy atom. The molecule has 0 fully saturated rings. The predicted molar refractivity (Wildman–Crippen MR) is 85.7 cm³/mol. The molecule has 0 bridgehead atoms. The second-order valence-corrected chi connectivity index (χ2v) is 5.61. The molecule has 0 saturated heterocycles. The molecule has 0 radical (unpaired) electrons. The van der Waals surface area contributed by atoms with E-state index in [4.69, 9.17) is 11.8 Å². The fourth-order valence-corrected chi connectivity index (χ4v) is 2.85. The van der Waals surface area contributed by atoms with Gasteiger partial charge in [0, 0.05) is 25.8 Å². The first-order chi connectivity index (χ1) is 11.6. The van der Waals surface area contributed by atoms with Crippen LogP contribution in [0.25, 0.3) is 4.85 Å². The van der Waals surface area contributed by atoms with Gasteiger partial charge in [-0.1, -0.05) is 24.3 Å². The average molecular weight is 324 g/mol. The lowest BCUT2D eigenvalue weighted by Gasteiger charge is -2.20. The second-order valence-electron chi connectivity index (χ2n) is 5.61. The van der Waals surface area contributed by atoms with Crippen molar-refractivity contribution in [3.8, 4) is 0 Å². The molecule has 2 N–H and O–H groups in total. The summed E-state index contributed by atoms with van der Waals surface area (Å²) >= 11 is 0. The summed E-state index contributed by atoms with van der Waals surface area (Å²) < 4.78 is 1.74. The number of benzene rings is 1. The fourth-order valence-electron chi connectivity index (χ4n) is 2.85. The van der Waals surface area contributed by atoms with Crippen LogP contribution in [-0.4, -0.2) is 33.0 Å². The Kier molecular flexibility index (Phi) is 4.31. The Morgan fingerprint density at radius 3 is 2.92 bits per heavy atom. The van der Waals surface area contributed by atoms with E-state index in [0.717, 1.165) is 12.0 Å². The lowest BCUT2D eigenvalue weighted by Crippen LogP contribution is -2.30. The quantitative estimate of drug-likeness (QED) is 0.516. The van der Waals surface area contributed by atoms with Crippen LogP contribution in [0.1, 0.15) is 32.8 Å². The number of carbonyl (C=O) groups is 2. The summed E-state index contributed by atoms with van der Waals surface area (Å²) in [6.45, 7) is 8.71. The molecule has 7 heteroatoms. The fraction of sp³-hybridized carbons (Fsp3) is 0.235. The number of aryl methyl sites for hydroxylation is 1. The van der Waals surface area contributed by atoms with E-state index >= 15 is 0 Å². The highest BCUT2D eigenvalue weighted by molar-refractivity contribution is 5.99. The minimum Gasteiger partial charge on any atom is -0.343 e. The first-order valence-electron chi connectivity index (χ1n) is 7.52. The van der Waals surface area contributed by atoms with Crippen LogP contribution < -0.4 is 5.48 Å². The minimum atomic E-state index is -0.639. The van der Waals surface area contributed by atoms with Gasteiger partial charge in [-0.25, -0.2) is 10.3 Å². The number of amides is 2. The van der Waals surface area contributed by atoms with Crippen LogP contribution in [0.3, 0.4) is 0 Å². The average Bonchev–Trinajstić information content (AvgIpc) is 2.98. The third kappa shape index (κ3) is 3.00. The predicted octanol–water partition coefficient (Wildman–Crippen LogP) is 2.20. The molecular weight excluding hydrogens is 308 g/mol. The largest absolute Gasteiger partial charge is 0.343 e. The summed E-state index contributed by atoms with van der Waals surface area (Å²) in [4.78, 5) is 29.4. The van der Waals surface area contributed by atoms with Crippen LogP contribution in [-0.2, 0) is 13.1 Å². The third-order valence-electron chi connectivity index (χ3n) is 4.01. The zero-order chi connectivity index (χ0) is 17.1. The first-order valence-corrected chi connectivity index (χ1v) is 7.52. The van der Waals surface area contributed by atoms with Crippen LogP contribution >= 0.6 is 0 Å². The molecule has 2 heterocycles. The van der Waals surface area contributed by atoms with Crippen LogP contribution in [0.15, 0.2) is 36.5 Å². The normalized spacial score (nSPS) is 13.8. The first kappa shape index (κ1) is 15.8.